The number of carbonyl (C=O) groups is 4. The first-order valence-electron chi connectivity index (χ1n) is 16.2. The quantitative estimate of drug-likeness (QED) is 0.0691. The van der Waals surface area contributed by atoms with E-state index in [4.69, 9.17) is 0 Å². The number of phenolic OH excluding ortho intramolecular Hbond substituents is 2. The summed E-state index contributed by atoms with van der Waals surface area (Å²) in [5.41, 5.74) is 2.25. The SMILES string of the molecule is Cc1cc(C(=O)Nc2ccc3c(O)cc(S(=O)(=O)O)cc3c2)ccc1NC(=O)C(=O)Nc1ccc(C(=O)Nc2ccc3c(O)cc(S(=O)(=O)O)cc3c2)cc1C. The highest BCUT2D eigenvalue weighted by atomic mass is 32.2. The summed E-state index contributed by atoms with van der Waals surface area (Å²) in [6.45, 7) is 3.21. The van der Waals surface area contributed by atoms with Gasteiger partial charge in [-0.25, -0.2) is 0 Å². The molecule has 0 fully saturated rings. The molecule has 56 heavy (non-hydrogen) atoms. The van der Waals surface area contributed by atoms with Gasteiger partial charge in [-0.15, -0.1) is 0 Å². The van der Waals surface area contributed by atoms with Crippen LogP contribution in [0.5, 0.6) is 11.5 Å². The lowest BCUT2D eigenvalue weighted by Gasteiger charge is -2.13. The standard InChI is InChI=1S/C38H30N4O12S2/c1-19-11-21(35(45)39-25-5-7-29-23(13-25)15-27(17-33(29)43)55(49,50)51)3-9-31(19)41-37(47)38(48)42-32-10-4-22(12-20(32)2)36(46)40-26-6-8-30-24(14-26)16-28(18-34(30)44)56(52,53)54/h3-18,43-44H,1-2H3,(H,39,45)(H,40,46)(H,41,47)(H,42,48)(H,49,50,51)(H,52,53,54). The van der Waals surface area contributed by atoms with Gasteiger partial charge in [-0.1, -0.05) is 0 Å². The summed E-state index contributed by atoms with van der Waals surface area (Å²) in [6.07, 6.45) is 0. The van der Waals surface area contributed by atoms with Crippen LogP contribution in [0.25, 0.3) is 21.5 Å². The first-order valence-corrected chi connectivity index (χ1v) is 19.1. The molecule has 0 aromatic heterocycles. The maximum absolute atomic E-state index is 13.0. The number of nitrogens with one attached hydrogen (secondary N) is 4. The molecule has 286 valence electrons. The van der Waals surface area contributed by atoms with E-state index < -0.39 is 53.7 Å². The van der Waals surface area contributed by atoms with Crippen LogP contribution in [0.1, 0.15) is 31.8 Å². The Bertz CT molecular complexity index is 2700. The molecule has 6 rings (SSSR count). The van der Waals surface area contributed by atoms with Gasteiger partial charge in [0.25, 0.3) is 32.1 Å². The molecular weight excluding hydrogens is 769 g/mol. The van der Waals surface area contributed by atoms with Crippen molar-refractivity contribution in [2.75, 3.05) is 21.3 Å². The average Bonchev–Trinajstić information content (AvgIpc) is 3.12. The molecular formula is C38H30N4O12S2. The van der Waals surface area contributed by atoms with E-state index >= 15 is 0 Å². The van der Waals surface area contributed by atoms with E-state index in [0.717, 1.165) is 24.3 Å². The fourth-order valence-electron chi connectivity index (χ4n) is 5.75. The molecule has 0 aliphatic rings. The minimum atomic E-state index is -4.60. The number of aryl methyl sites for hydroxylation is 2. The van der Waals surface area contributed by atoms with E-state index in [9.17, 15) is 55.3 Å². The number of hydrogen-bond donors (Lipinski definition) is 8. The normalized spacial score (nSPS) is 11.6. The largest absolute Gasteiger partial charge is 0.507 e. The summed E-state index contributed by atoms with van der Waals surface area (Å²) in [7, 11) is -9.19. The highest BCUT2D eigenvalue weighted by Gasteiger charge is 2.19. The molecule has 6 aromatic carbocycles. The monoisotopic (exact) mass is 798 g/mol. The van der Waals surface area contributed by atoms with Gasteiger partial charge in [0.05, 0.1) is 9.79 Å². The minimum absolute atomic E-state index is 0.186. The second-order valence-corrected chi connectivity index (χ2v) is 15.4. The van der Waals surface area contributed by atoms with Gasteiger partial charge in [-0.2, -0.15) is 16.8 Å². The first-order chi connectivity index (χ1) is 26.3. The molecule has 0 spiro atoms. The van der Waals surface area contributed by atoms with Gasteiger partial charge < -0.3 is 31.5 Å². The lowest BCUT2D eigenvalue weighted by Crippen LogP contribution is -2.29. The van der Waals surface area contributed by atoms with E-state index in [-0.39, 0.29) is 66.9 Å². The van der Waals surface area contributed by atoms with Crippen molar-refractivity contribution in [2.45, 2.75) is 23.6 Å². The van der Waals surface area contributed by atoms with Crippen LogP contribution in [0.2, 0.25) is 0 Å². The number of fused-ring (bicyclic) bond motifs is 2. The fraction of sp³-hybridized carbons (Fsp3) is 0.0526. The highest BCUT2D eigenvalue weighted by Crippen LogP contribution is 2.32. The number of phenols is 2. The average molecular weight is 799 g/mol. The molecule has 0 aliphatic heterocycles. The van der Waals surface area contributed by atoms with E-state index in [1.165, 1.54) is 72.8 Å². The number of aromatic hydroxyl groups is 2. The summed E-state index contributed by atoms with van der Waals surface area (Å²) in [5.74, 6) is -3.91. The topological polar surface area (TPSA) is 266 Å². The Morgan fingerprint density at radius 1 is 0.482 bits per heavy atom. The molecule has 0 saturated carbocycles. The molecule has 16 nitrogen and oxygen atoms in total. The van der Waals surface area contributed by atoms with Crippen LogP contribution in [-0.2, 0) is 29.8 Å². The van der Waals surface area contributed by atoms with Crippen molar-refractivity contribution in [2.24, 2.45) is 0 Å². The number of carbonyl (C=O) groups excluding carboxylic acids is 4. The second-order valence-electron chi connectivity index (χ2n) is 12.6. The van der Waals surface area contributed by atoms with Crippen LogP contribution in [0.4, 0.5) is 22.7 Å². The second kappa shape index (κ2) is 14.8. The van der Waals surface area contributed by atoms with E-state index in [1.807, 2.05) is 0 Å². The van der Waals surface area contributed by atoms with Crippen molar-refractivity contribution in [1.29, 1.82) is 0 Å². The first kappa shape index (κ1) is 38.9. The molecule has 0 atom stereocenters. The van der Waals surface area contributed by atoms with Crippen LogP contribution >= 0.6 is 0 Å². The summed E-state index contributed by atoms with van der Waals surface area (Å²) < 4.78 is 65.0. The van der Waals surface area contributed by atoms with Crippen molar-refractivity contribution in [3.63, 3.8) is 0 Å². The van der Waals surface area contributed by atoms with E-state index in [2.05, 4.69) is 21.3 Å². The molecule has 4 amide bonds. The van der Waals surface area contributed by atoms with Crippen molar-refractivity contribution < 1.29 is 55.3 Å². The minimum Gasteiger partial charge on any atom is -0.507 e. The van der Waals surface area contributed by atoms with Crippen molar-refractivity contribution in [1.82, 2.24) is 0 Å². The van der Waals surface area contributed by atoms with E-state index in [0.29, 0.717) is 11.1 Å². The molecule has 18 heteroatoms. The summed E-state index contributed by atoms with van der Waals surface area (Å²) in [5, 5.41) is 31.7. The van der Waals surface area contributed by atoms with Gasteiger partial charge in [0.2, 0.25) is 0 Å². The fourth-order valence-corrected chi connectivity index (χ4v) is 6.83. The third-order valence-electron chi connectivity index (χ3n) is 8.60. The van der Waals surface area contributed by atoms with Crippen LogP contribution in [0, 0.1) is 13.8 Å². The Morgan fingerprint density at radius 2 is 0.857 bits per heavy atom. The van der Waals surface area contributed by atoms with Gasteiger partial charge in [-0.3, -0.25) is 28.3 Å². The lowest BCUT2D eigenvalue weighted by atomic mass is 10.1. The highest BCUT2D eigenvalue weighted by molar-refractivity contribution is 7.86. The van der Waals surface area contributed by atoms with Gasteiger partial charge in [0.15, 0.2) is 0 Å². The van der Waals surface area contributed by atoms with Gasteiger partial charge in [0.1, 0.15) is 11.5 Å². The number of benzene rings is 6. The summed E-state index contributed by atoms with van der Waals surface area (Å²) in [4.78, 5) is 50.7. The van der Waals surface area contributed by atoms with Crippen molar-refractivity contribution >= 4 is 88.2 Å². The Morgan fingerprint density at radius 3 is 1.20 bits per heavy atom. The molecule has 6 aromatic rings. The van der Waals surface area contributed by atoms with Crippen LogP contribution in [0.15, 0.2) is 107 Å². The molecule has 0 radical (unpaired) electrons. The number of anilines is 4. The Labute approximate surface area is 318 Å². The Balaban J connectivity index is 1.08. The third kappa shape index (κ3) is 8.43. The van der Waals surface area contributed by atoms with Crippen LogP contribution in [0.3, 0.4) is 0 Å². The molecule has 0 unspecified atom stereocenters. The lowest BCUT2D eigenvalue weighted by molar-refractivity contribution is -0.133. The molecule has 0 saturated heterocycles. The van der Waals surface area contributed by atoms with Crippen LogP contribution in [-0.4, -0.2) is 59.8 Å². The molecule has 0 aliphatic carbocycles. The number of hydrogen-bond acceptors (Lipinski definition) is 10. The maximum Gasteiger partial charge on any atom is 0.314 e. The Kier molecular flexibility index (Phi) is 10.2. The predicted molar refractivity (Wildman–Crippen MR) is 206 cm³/mol. The predicted octanol–water partition coefficient (Wildman–Crippen LogP) is 5.60. The van der Waals surface area contributed by atoms with Gasteiger partial charge in [-0.05, 0) is 121 Å². The zero-order valence-corrected chi connectivity index (χ0v) is 30.7. The molecule has 0 bridgehead atoms. The zero-order valence-electron chi connectivity index (χ0n) is 29.1. The smallest absolute Gasteiger partial charge is 0.314 e. The van der Waals surface area contributed by atoms with E-state index in [1.54, 1.807) is 13.8 Å². The van der Waals surface area contributed by atoms with Crippen molar-refractivity contribution in [3.8, 4) is 11.5 Å². The summed E-state index contributed by atoms with van der Waals surface area (Å²) in [6, 6.07) is 21.5. The molecule has 0 heterocycles. The van der Waals surface area contributed by atoms with Gasteiger partial charge >= 0.3 is 11.8 Å². The third-order valence-corrected chi connectivity index (χ3v) is 10.3. The number of amides is 4. The van der Waals surface area contributed by atoms with Crippen molar-refractivity contribution in [3.05, 3.63) is 119 Å². The molecule has 8 N–H and O–H groups in total. The van der Waals surface area contributed by atoms with Crippen LogP contribution < -0.4 is 21.3 Å². The van der Waals surface area contributed by atoms with Gasteiger partial charge in [0, 0.05) is 56.8 Å². The zero-order chi connectivity index (χ0) is 40.7. The summed E-state index contributed by atoms with van der Waals surface area (Å²) >= 11 is 0. The maximum atomic E-state index is 13.0. The Hall–Kier alpha value is -6.86. The number of rotatable bonds is 8.